The number of rotatable bonds is 4. The molecular formula is C18H23N4O4PUV-2. The number of nitrogens with one attached hydrogen (secondary N) is 1. The minimum Gasteiger partial charge on any atom is -0.443 e. The van der Waals surface area contributed by atoms with Crippen LogP contribution in [0, 0.1) is 43.2 Å². The Balaban J connectivity index is 0.00000150. The molecule has 3 heterocycles. The predicted octanol–water partition coefficient (Wildman–Crippen LogP) is 0.425. The van der Waals surface area contributed by atoms with Crippen molar-refractivity contribution < 1.29 is 68.7 Å². The van der Waals surface area contributed by atoms with E-state index in [9.17, 15) is 9.59 Å². The Morgan fingerprint density at radius 1 is 1.31 bits per heavy atom. The second-order valence-electron chi connectivity index (χ2n) is 7.03. The second kappa shape index (κ2) is 10.9. The predicted molar refractivity (Wildman–Crippen MR) is 103 cm³/mol. The van der Waals surface area contributed by atoms with Gasteiger partial charge in [0.05, 0.1) is 25.3 Å². The summed E-state index contributed by atoms with van der Waals surface area (Å²) in [5.74, 6) is -0.143. The number of carbonyl (C=O) groups is 2. The van der Waals surface area contributed by atoms with Crippen LogP contribution in [0.3, 0.4) is 0 Å². The number of anilines is 2. The standard InChI is InChI=1S/C18H23N4O4P.U.V/c1-12(23)19-8-15-9-22(18(24)26-15)14-4-2-13(3-5-14)21-6-7-25-17-11-20(27)10-16(17)21;;/h4-5,15-17H,6-11,27H2,1H3,(H,19,23);;/q-2;;. The van der Waals surface area contributed by atoms with Crippen molar-refractivity contribution in [2.24, 2.45) is 0 Å². The van der Waals surface area contributed by atoms with Gasteiger partial charge < -0.3 is 36.7 Å². The molecule has 4 rings (SSSR count). The van der Waals surface area contributed by atoms with E-state index >= 15 is 0 Å². The maximum Gasteiger partial charge on any atom is 0.393 e. The molecule has 3 fully saturated rings. The normalized spacial score (nSPS) is 26.3. The first kappa shape index (κ1) is 25.0. The third-order valence-electron chi connectivity index (χ3n) is 5.09. The molecule has 155 valence electrons. The zero-order chi connectivity index (χ0) is 19.0. The topological polar surface area (TPSA) is 74.4 Å². The second-order valence-corrected chi connectivity index (χ2v) is 7.76. The van der Waals surface area contributed by atoms with E-state index < -0.39 is 6.09 Å². The fourth-order valence-electron chi connectivity index (χ4n) is 3.78. The summed E-state index contributed by atoms with van der Waals surface area (Å²) in [6.07, 6.45) is -0.575. The number of fused-ring (bicyclic) bond motifs is 1. The molecule has 1 aromatic rings. The van der Waals surface area contributed by atoms with Gasteiger partial charge in [0, 0.05) is 82.8 Å². The Bertz CT molecular complexity index is 728. The summed E-state index contributed by atoms with van der Waals surface area (Å²) in [5.41, 5.74) is 1.58. The van der Waals surface area contributed by atoms with Gasteiger partial charge in [0.1, 0.15) is 6.10 Å². The molecule has 2 amide bonds. The first-order valence-electron chi connectivity index (χ1n) is 9.05. The summed E-state index contributed by atoms with van der Waals surface area (Å²) in [5, 5.41) is 2.67. The minimum absolute atomic E-state index is 0. The summed E-state index contributed by atoms with van der Waals surface area (Å²) in [6.45, 7) is 5.45. The number of benzene rings is 1. The van der Waals surface area contributed by atoms with Crippen LogP contribution in [0.4, 0.5) is 16.2 Å². The number of carbonyl (C=O) groups excluding carboxylic acids is 2. The van der Waals surface area contributed by atoms with Gasteiger partial charge in [-0.25, -0.2) is 10.5 Å². The Hall–Kier alpha value is -0.254. The Morgan fingerprint density at radius 3 is 2.72 bits per heavy atom. The monoisotopic (exact) mass is 679 g/mol. The van der Waals surface area contributed by atoms with Crippen molar-refractivity contribution in [1.29, 1.82) is 0 Å². The minimum atomic E-state index is -0.416. The molecule has 3 aliphatic heterocycles. The largest absolute Gasteiger partial charge is 0.443 e. The molecule has 0 aliphatic carbocycles. The first-order valence-corrected chi connectivity index (χ1v) is 9.57. The Labute approximate surface area is 208 Å². The van der Waals surface area contributed by atoms with E-state index in [-0.39, 0.29) is 73.8 Å². The molecule has 1 N–H and O–H groups in total. The van der Waals surface area contributed by atoms with Gasteiger partial charge in [0.25, 0.3) is 0 Å². The van der Waals surface area contributed by atoms with Crippen LogP contribution in [0.5, 0.6) is 0 Å². The average molecular weight is 679 g/mol. The average Bonchev–Trinajstić information content (AvgIpc) is 3.21. The van der Waals surface area contributed by atoms with Gasteiger partial charge in [-0.1, -0.05) is 9.39 Å². The summed E-state index contributed by atoms with van der Waals surface area (Å²) in [4.78, 5) is 27.0. The number of hydrogen-bond donors (Lipinski definition) is 1. The summed E-state index contributed by atoms with van der Waals surface area (Å²) < 4.78 is 13.4. The van der Waals surface area contributed by atoms with Gasteiger partial charge in [-0.15, -0.1) is 0 Å². The van der Waals surface area contributed by atoms with Crippen LogP contribution in [0.15, 0.2) is 12.1 Å². The SMILES string of the molecule is CC(=O)NCC1CN(c2c[c-]c(N3CCOC4CN(P)CC43)[c-]c2)C(=O)O1.[U].[V]. The van der Waals surface area contributed by atoms with Crippen LogP contribution in [0.1, 0.15) is 6.92 Å². The fraction of sp³-hybridized carbons (Fsp3) is 0.556. The van der Waals surface area contributed by atoms with Crippen molar-refractivity contribution >= 4 is 32.8 Å². The van der Waals surface area contributed by atoms with Crippen molar-refractivity contribution in [1.82, 2.24) is 9.99 Å². The van der Waals surface area contributed by atoms with Crippen LogP contribution < -0.4 is 15.1 Å². The summed E-state index contributed by atoms with van der Waals surface area (Å²) in [6, 6.07) is 10.4. The molecule has 0 aromatic heterocycles. The number of nitrogens with zero attached hydrogens (tertiary/aromatic N) is 3. The molecule has 3 saturated heterocycles. The van der Waals surface area contributed by atoms with E-state index in [2.05, 4.69) is 36.4 Å². The number of amides is 2. The number of hydrogen-bond acceptors (Lipinski definition) is 6. The van der Waals surface area contributed by atoms with Crippen molar-refractivity contribution in [3.05, 3.63) is 24.3 Å². The summed E-state index contributed by atoms with van der Waals surface area (Å²) >= 11 is 0. The Morgan fingerprint density at radius 2 is 2.03 bits per heavy atom. The van der Waals surface area contributed by atoms with E-state index in [4.69, 9.17) is 9.47 Å². The third kappa shape index (κ3) is 5.71. The van der Waals surface area contributed by atoms with Crippen molar-refractivity contribution in [2.75, 3.05) is 49.1 Å². The van der Waals surface area contributed by atoms with E-state index in [1.54, 1.807) is 17.0 Å². The van der Waals surface area contributed by atoms with Gasteiger partial charge >= 0.3 is 6.09 Å². The molecule has 1 aromatic carbocycles. The van der Waals surface area contributed by atoms with Crippen molar-refractivity contribution in [3.63, 3.8) is 0 Å². The van der Waals surface area contributed by atoms with E-state index in [0.717, 1.165) is 25.3 Å². The summed E-state index contributed by atoms with van der Waals surface area (Å²) in [7, 11) is 2.74. The quantitative estimate of drug-likeness (QED) is 0.368. The first-order chi connectivity index (χ1) is 13.0. The molecule has 0 saturated carbocycles. The van der Waals surface area contributed by atoms with Gasteiger partial charge in [-0.05, 0) is 0 Å². The van der Waals surface area contributed by atoms with E-state index in [1.807, 2.05) is 0 Å². The zero-order valence-corrected chi connectivity index (χ0v) is 22.8. The molecule has 8 nitrogen and oxygen atoms in total. The number of morpholine rings is 1. The molecule has 1 radical (unpaired) electrons. The molecule has 4 unspecified atom stereocenters. The Kier molecular flexibility index (Phi) is 9.37. The van der Waals surface area contributed by atoms with Crippen molar-refractivity contribution in [2.45, 2.75) is 25.2 Å². The molecule has 3 aliphatic rings. The number of cyclic esters (lactones) is 1. The number of ether oxygens (including phenoxy) is 2. The fourth-order valence-corrected chi connectivity index (χ4v) is 4.20. The molecule has 0 spiro atoms. The van der Waals surface area contributed by atoms with Gasteiger partial charge in [0.2, 0.25) is 5.91 Å². The van der Waals surface area contributed by atoms with E-state index in [0.29, 0.717) is 25.4 Å². The molecular weight excluding hydrogens is 656 g/mol. The van der Waals surface area contributed by atoms with Gasteiger partial charge in [-0.3, -0.25) is 21.6 Å². The van der Waals surface area contributed by atoms with Crippen LogP contribution >= 0.6 is 9.39 Å². The van der Waals surface area contributed by atoms with Crippen LogP contribution in [-0.4, -0.2) is 74.3 Å². The molecule has 4 atom stereocenters. The maximum atomic E-state index is 12.1. The van der Waals surface area contributed by atoms with Gasteiger partial charge in [-0.2, -0.15) is 5.69 Å². The van der Waals surface area contributed by atoms with E-state index in [1.165, 1.54) is 6.92 Å². The molecule has 0 bridgehead atoms. The van der Waals surface area contributed by atoms with Crippen LogP contribution in [-0.2, 0) is 32.8 Å². The van der Waals surface area contributed by atoms with Crippen molar-refractivity contribution in [3.8, 4) is 0 Å². The third-order valence-corrected chi connectivity index (χ3v) is 5.52. The molecule has 11 heteroatoms. The molecule has 29 heavy (non-hydrogen) atoms. The zero-order valence-electron chi connectivity index (χ0n) is 16.1. The van der Waals surface area contributed by atoms with Crippen LogP contribution in [0.25, 0.3) is 0 Å². The van der Waals surface area contributed by atoms with Crippen LogP contribution in [0.2, 0.25) is 0 Å². The smallest absolute Gasteiger partial charge is 0.393 e. The maximum absolute atomic E-state index is 12.1. The van der Waals surface area contributed by atoms with Gasteiger partial charge in [0.15, 0.2) is 0 Å².